The SMILES string of the molecule is COC(=O)C(C)(C)c1cc(-c2ccc(NC(=O)C3(c4cccc(C(F)(F)F)c4)CC3)cc2)c2c(N)nn(C)c2n1. The Morgan fingerprint density at radius 2 is 1.75 bits per heavy atom. The second kappa shape index (κ2) is 9.35. The van der Waals surface area contributed by atoms with Crippen LogP contribution in [-0.4, -0.2) is 33.8 Å². The number of halogens is 3. The zero-order chi connectivity index (χ0) is 29.0. The topological polar surface area (TPSA) is 112 Å². The van der Waals surface area contributed by atoms with Crippen molar-refractivity contribution in [2.75, 3.05) is 18.2 Å². The molecule has 0 bridgehead atoms. The van der Waals surface area contributed by atoms with Crippen LogP contribution in [0.15, 0.2) is 54.6 Å². The number of pyridine rings is 1. The maximum atomic E-state index is 13.2. The lowest BCUT2D eigenvalue weighted by Crippen LogP contribution is -2.31. The molecule has 0 aliphatic heterocycles. The quantitative estimate of drug-likeness (QED) is 0.312. The van der Waals surface area contributed by atoms with Crippen molar-refractivity contribution in [1.29, 1.82) is 0 Å². The summed E-state index contributed by atoms with van der Waals surface area (Å²) in [4.78, 5) is 30.4. The van der Waals surface area contributed by atoms with E-state index in [0.29, 0.717) is 46.4 Å². The van der Waals surface area contributed by atoms with Crippen molar-refractivity contribution in [1.82, 2.24) is 14.8 Å². The highest BCUT2D eigenvalue weighted by Gasteiger charge is 2.52. The van der Waals surface area contributed by atoms with Gasteiger partial charge in [0.15, 0.2) is 11.5 Å². The van der Waals surface area contributed by atoms with Crippen LogP contribution >= 0.6 is 0 Å². The van der Waals surface area contributed by atoms with Crippen LogP contribution in [0.25, 0.3) is 22.2 Å². The Labute approximate surface area is 228 Å². The maximum absolute atomic E-state index is 13.2. The van der Waals surface area contributed by atoms with Crippen LogP contribution in [0.4, 0.5) is 24.7 Å². The van der Waals surface area contributed by atoms with E-state index in [1.54, 1.807) is 62.0 Å². The third-order valence-corrected chi connectivity index (χ3v) is 7.54. The van der Waals surface area contributed by atoms with Crippen LogP contribution in [0.1, 0.15) is 43.5 Å². The van der Waals surface area contributed by atoms with Crippen LogP contribution in [-0.2, 0) is 38.4 Å². The molecule has 0 radical (unpaired) electrons. The average molecular weight is 552 g/mol. The Morgan fingerprint density at radius 1 is 1.07 bits per heavy atom. The summed E-state index contributed by atoms with van der Waals surface area (Å²) in [6.07, 6.45) is -3.56. The Hall–Kier alpha value is -4.41. The maximum Gasteiger partial charge on any atom is 0.416 e. The summed E-state index contributed by atoms with van der Waals surface area (Å²) in [6, 6.07) is 13.7. The van der Waals surface area contributed by atoms with Gasteiger partial charge in [-0.25, -0.2) is 9.67 Å². The Balaban J connectivity index is 1.46. The molecule has 2 aromatic heterocycles. The largest absolute Gasteiger partial charge is 0.468 e. The van der Waals surface area contributed by atoms with E-state index in [0.717, 1.165) is 17.7 Å². The number of anilines is 2. The first-order chi connectivity index (χ1) is 18.8. The van der Waals surface area contributed by atoms with Crippen LogP contribution < -0.4 is 11.1 Å². The molecule has 0 atom stereocenters. The number of nitrogens with zero attached hydrogens (tertiary/aromatic N) is 3. The summed E-state index contributed by atoms with van der Waals surface area (Å²) in [5.74, 6) is -0.533. The summed E-state index contributed by atoms with van der Waals surface area (Å²) in [6.45, 7) is 3.43. The number of aromatic nitrogens is 3. The van der Waals surface area contributed by atoms with Gasteiger partial charge in [-0.1, -0.05) is 30.3 Å². The molecule has 1 fully saturated rings. The van der Waals surface area contributed by atoms with Crippen molar-refractivity contribution in [3.05, 3.63) is 71.4 Å². The normalized spacial score (nSPS) is 14.7. The highest BCUT2D eigenvalue weighted by Crippen LogP contribution is 2.50. The van der Waals surface area contributed by atoms with Crippen LogP contribution in [0.3, 0.4) is 0 Å². The predicted molar refractivity (Wildman–Crippen MR) is 144 cm³/mol. The van der Waals surface area contributed by atoms with Crippen LogP contribution in [0, 0.1) is 0 Å². The minimum absolute atomic E-state index is 0.275. The van der Waals surface area contributed by atoms with E-state index in [1.807, 2.05) is 0 Å². The second-order valence-corrected chi connectivity index (χ2v) is 10.6. The fourth-order valence-corrected chi connectivity index (χ4v) is 4.93. The van der Waals surface area contributed by atoms with E-state index in [4.69, 9.17) is 10.5 Å². The average Bonchev–Trinajstić information content (AvgIpc) is 3.69. The molecular weight excluding hydrogens is 523 g/mol. The number of nitrogens with one attached hydrogen (secondary N) is 1. The lowest BCUT2D eigenvalue weighted by molar-refractivity contribution is -0.146. The van der Waals surface area contributed by atoms with Crippen molar-refractivity contribution in [2.24, 2.45) is 7.05 Å². The summed E-state index contributed by atoms with van der Waals surface area (Å²) < 4.78 is 46.2. The third-order valence-electron chi connectivity index (χ3n) is 7.54. The number of nitrogens with two attached hydrogens (primary N) is 1. The molecule has 0 spiro atoms. The number of benzene rings is 2. The number of hydrogen-bond donors (Lipinski definition) is 2. The molecule has 1 aliphatic rings. The Morgan fingerprint density at radius 3 is 2.35 bits per heavy atom. The van der Waals surface area contributed by atoms with E-state index in [1.165, 1.54) is 13.2 Å². The van der Waals surface area contributed by atoms with Gasteiger partial charge in [0.05, 0.1) is 29.2 Å². The van der Waals surface area contributed by atoms with Gasteiger partial charge in [-0.05, 0) is 67.6 Å². The van der Waals surface area contributed by atoms with Crippen molar-refractivity contribution >= 4 is 34.4 Å². The number of amides is 1. The summed E-state index contributed by atoms with van der Waals surface area (Å²) in [5, 5.41) is 7.77. The van der Waals surface area contributed by atoms with Gasteiger partial charge < -0.3 is 15.8 Å². The fraction of sp³-hybridized carbons (Fsp3) is 0.310. The predicted octanol–water partition coefficient (Wildman–Crippen LogP) is 5.36. The molecule has 0 saturated heterocycles. The molecule has 1 saturated carbocycles. The molecule has 4 aromatic rings. The van der Waals surface area contributed by atoms with E-state index >= 15 is 0 Å². The number of fused-ring (bicyclic) bond motifs is 1. The van der Waals surface area contributed by atoms with Crippen molar-refractivity contribution in [2.45, 2.75) is 43.7 Å². The van der Waals surface area contributed by atoms with Gasteiger partial charge in [-0.3, -0.25) is 9.59 Å². The molecule has 0 unspecified atom stereocenters. The van der Waals surface area contributed by atoms with E-state index in [-0.39, 0.29) is 11.7 Å². The first-order valence-corrected chi connectivity index (χ1v) is 12.6. The molecule has 1 aliphatic carbocycles. The number of methoxy groups -OCH3 is 1. The number of carbonyl (C=O) groups excluding carboxylic acids is 2. The number of carbonyl (C=O) groups is 2. The van der Waals surface area contributed by atoms with E-state index in [9.17, 15) is 22.8 Å². The van der Waals surface area contributed by atoms with E-state index < -0.39 is 28.5 Å². The van der Waals surface area contributed by atoms with Crippen molar-refractivity contribution < 1.29 is 27.5 Å². The van der Waals surface area contributed by atoms with Gasteiger partial charge in [0.1, 0.15) is 5.41 Å². The Kier molecular flexibility index (Phi) is 6.35. The number of rotatable bonds is 6. The minimum Gasteiger partial charge on any atom is -0.468 e. The number of alkyl halides is 3. The summed E-state index contributed by atoms with van der Waals surface area (Å²) >= 11 is 0. The monoisotopic (exact) mass is 551 g/mol. The zero-order valence-corrected chi connectivity index (χ0v) is 22.4. The van der Waals surface area contributed by atoms with Crippen molar-refractivity contribution in [3.8, 4) is 11.1 Å². The Bertz CT molecular complexity index is 1640. The number of esters is 1. The first kappa shape index (κ1) is 27.2. The second-order valence-electron chi connectivity index (χ2n) is 10.6. The molecule has 5 rings (SSSR count). The number of nitrogen functional groups attached to an aromatic ring is 1. The molecule has 2 aromatic carbocycles. The minimum atomic E-state index is -4.49. The van der Waals surface area contributed by atoms with Crippen molar-refractivity contribution in [3.63, 3.8) is 0 Å². The highest BCUT2D eigenvalue weighted by atomic mass is 19.4. The molecule has 40 heavy (non-hydrogen) atoms. The standard InChI is InChI=1S/C29H28F3N5O3/c1-27(2,26(39)40-4)21-15-20(22-23(33)36-37(3)24(22)35-21)16-8-10-19(11-9-16)34-25(38)28(12-13-28)17-6-5-7-18(14-17)29(30,31)32/h5-11,14-15H,12-13H2,1-4H3,(H2,33,36)(H,34,38). The molecule has 1 amide bonds. The first-order valence-electron chi connectivity index (χ1n) is 12.6. The molecule has 2 heterocycles. The number of hydrogen-bond acceptors (Lipinski definition) is 6. The molecule has 8 nitrogen and oxygen atoms in total. The van der Waals surface area contributed by atoms with Crippen LogP contribution in [0.5, 0.6) is 0 Å². The van der Waals surface area contributed by atoms with Gasteiger partial charge in [0.25, 0.3) is 0 Å². The summed E-state index contributed by atoms with van der Waals surface area (Å²) in [7, 11) is 3.03. The van der Waals surface area contributed by atoms with Gasteiger partial charge in [0, 0.05) is 12.7 Å². The lowest BCUT2D eigenvalue weighted by Gasteiger charge is -2.22. The smallest absolute Gasteiger partial charge is 0.416 e. The van der Waals surface area contributed by atoms with Gasteiger partial charge in [-0.15, -0.1) is 0 Å². The molecule has 3 N–H and O–H groups in total. The third kappa shape index (κ3) is 4.55. The molecule has 11 heteroatoms. The highest BCUT2D eigenvalue weighted by molar-refractivity contribution is 6.03. The van der Waals surface area contributed by atoms with Gasteiger partial charge >= 0.3 is 12.1 Å². The van der Waals surface area contributed by atoms with Gasteiger partial charge in [0.2, 0.25) is 5.91 Å². The number of ether oxygens (including phenoxy) is 1. The van der Waals surface area contributed by atoms with Gasteiger partial charge in [-0.2, -0.15) is 18.3 Å². The van der Waals surface area contributed by atoms with Crippen LogP contribution in [0.2, 0.25) is 0 Å². The number of aryl methyl sites for hydroxylation is 1. The zero-order valence-electron chi connectivity index (χ0n) is 22.4. The molecule has 208 valence electrons. The summed E-state index contributed by atoms with van der Waals surface area (Å²) in [5.41, 5.74) is 6.65. The fourth-order valence-electron chi connectivity index (χ4n) is 4.93. The molecular formula is C29H28F3N5O3. The lowest BCUT2D eigenvalue weighted by atomic mass is 9.87. The van der Waals surface area contributed by atoms with E-state index in [2.05, 4.69) is 15.4 Å².